The zero-order valence-corrected chi connectivity index (χ0v) is 19.4. The zero-order chi connectivity index (χ0) is 24.4. The molecule has 14 heteroatoms. The molecule has 1 aliphatic rings. The number of rotatable bonds is 10. The Balaban J connectivity index is 0.000000582. The minimum absolute atomic E-state index is 0.778. The monoisotopic (exact) mass is 506 g/mol. The molecule has 0 radical (unpaired) electrons. The third-order valence-corrected chi connectivity index (χ3v) is 7.72. The van der Waals surface area contributed by atoms with E-state index in [1.165, 1.54) is 88.3 Å². The van der Waals surface area contributed by atoms with Crippen LogP contribution >= 0.6 is 0 Å². The van der Waals surface area contributed by atoms with E-state index in [1.807, 2.05) is 0 Å². The predicted octanol–water partition coefficient (Wildman–Crippen LogP) is 5.43. The summed E-state index contributed by atoms with van der Waals surface area (Å²) in [5, 5.41) is 0. The number of nitrogens with zero attached hydrogens (tertiary/aromatic N) is 2. The van der Waals surface area contributed by atoms with Crippen LogP contribution in [0.25, 0.3) is 4.13 Å². The molecule has 0 aliphatic carbocycles. The van der Waals surface area contributed by atoms with Crippen molar-refractivity contribution >= 4 is 20.0 Å². The summed E-state index contributed by atoms with van der Waals surface area (Å²) in [5.74, 6) is 0. The quantitative estimate of drug-likeness (QED) is 0.225. The average molecular weight is 507 g/mol. The van der Waals surface area contributed by atoms with E-state index in [0.29, 0.717) is 0 Å². The van der Waals surface area contributed by atoms with Crippen LogP contribution in [-0.4, -0.2) is 59.0 Å². The highest BCUT2D eigenvalue weighted by atomic mass is 32.3. The number of piperidine rings is 1. The van der Waals surface area contributed by atoms with Gasteiger partial charge in [0.25, 0.3) is 0 Å². The fraction of sp³-hybridized carbons (Fsp3) is 1.00. The maximum Gasteiger partial charge on any atom is 0.480 e. The lowest BCUT2D eigenvalue weighted by molar-refractivity contribution is -0.914. The molecule has 1 aliphatic heterocycles. The first-order valence-electron chi connectivity index (χ1n) is 10.2. The lowest BCUT2D eigenvalue weighted by atomic mass is 10.1. The van der Waals surface area contributed by atoms with Gasteiger partial charge in [0.05, 0.1) is 26.7 Å². The molecule has 0 unspecified atom stereocenters. The minimum Gasteiger partial charge on any atom is -0.421 e. The van der Waals surface area contributed by atoms with Gasteiger partial charge in [0.15, 0.2) is 20.0 Å². The molecule has 0 spiro atoms. The molecule has 0 amide bonds. The predicted molar refractivity (Wildman–Crippen MR) is 106 cm³/mol. The number of halogens is 6. The Bertz CT molecular complexity index is 674. The highest BCUT2D eigenvalue weighted by molar-refractivity contribution is 8.13. The molecule has 1 fully saturated rings. The van der Waals surface area contributed by atoms with Crippen LogP contribution in [0.3, 0.4) is 0 Å². The summed E-state index contributed by atoms with van der Waals surface area (Å²) >= 11 is 0. The number of quaternary nitrogens is 1. The van der Waals surface area contributed by atoms with Crippen molar-refractivity contribution in [3.63, 3.8) is 0 Å². The Morgan fingerprint density at radius 1 is 0.710 bits per heavy atom. The van der Waals surface area contributed by atoms with Crippen molar-refractivity contribution in [1.29, 1.82) is 0 Å². The summed E-state index contributed by atoms with van der Waals surface area (Å²) in [6, 6.07) is 0. The van der Waals surface area contributed by atoms with Crippen molar-refractivity contribution in [1.82, 2.24) is 0 Å². The molecule has 31 heavy (non-hydrogen) atoms. The van der Waals surface area contributed by atoms with Crippen molar-refractivity contribution in [2.24, 2.45) is 0 Å². The minimum atomic E-state index is -6.72. The van der Waals surface area contributed by atoms with Crippen LogP contribution < -0.4 is 0 Å². The first-order chi connectivity index (χ1) is 14.0. The topological polar surface area (TPSA) is 82.4 Å². The summed E-state index contributed by atoms with van der Waals surface area (Å²) in [4.78, 5) is 0. The Morgan fingerprint density at radius 3 is 1.48 bits per heavy atom. The van der Waals surface area contributed by atoms with Crippen molar-refractivity contribution in [2.75, 3.05) is 26.7 Å². The third kappa shape index (κ3) is 11.7. The van der Waals surface area contributed by atoms with Crippen LogP contribution in [0.4, 0.5) is 26.3 Å². The molecule has 0 aromatic carbocycles. The van der Waals surface area contributed by atoms with Gasteiger partial charge >= 0.3 is 11.0 Å². The first kappa shape index (κ1) is 30.4. The second-order valence-corrected chi connectivity index (χ2v) is 11.3. The Morgan fingerprint density at radius 2 is 1.10 bits per heavy atom. The maximum atomic E-state index is 11.4. The van der Waals surface area contributed by atoms with Crippen LogP contribution in [0.1, 0.15) is 71.1 Å². The van der Waals surface area contributed by atoms with E-state index in [4.69, 9.17) is 0 Å². The van der Waals surface area contributed by atoms with Crippen LogP contribution in [0.2, 0.25) is 0 Å². The van der Waals surface area contributed by atoms with Crippen LogP contribution in [0.5, 0.6) is 0 Å². The van der Waals surface area contributed by atoms with Gasteiger partial charge in [-0.2, -0.15) is 26.3 Å². The molecule has 0 N–H and O–H groups in total. The van der Waals surface area contributed by atoms with E-state index < -0.39 is 31.1 Å². The standard InChI is InChI=1S/C15H32N.C2F6NO4S2/c1-3-4-5-6-7-8-10-13-16(2)14-11-9-12-15-16;3-1(4,5)14(10,11)9-15(12,13)2(6,7)8/h3-15H2,1-2H3;/q+1;-1. The van der Waals surface area contributed by atoms with Crippen molar-refractivity contribution in [3.8, 4) is 0 Å². The van der Waals surface area contributed by atoms with E-state index in [0.717, 1.165) is 4.13 Å². The zero-order valence-electron chi connectivity index (χ0n) is 17.8. The smallest absolute Gasteiger partial charge is 0.421 e. The second-order valence-electron chi connectivity index (χ2n) is 7.89. The summed E-state index contributed by atoms with van der Waals surface area (Å²) in [5.41, 5.74) is -12.4. The van der Waals surface area contributed by atoms with Gasteiger partial charge in [0.2, 0.25) is 0 Å². The fourth-order valence-corrected chi connectivity index (χ4v) is 4.87. The normalized spacial score (nSPS) is 17.7. The first-order valence-corrected chi connectivity index (χ1v) is 13.1. The molecule has 1 heterocycles. The fourth-order valence-electron chi connectivity index (χ4n) is 3.16. The summed E-state index contributed by atoms with van der Waals surface area (Å²) < 4.78 is 111. The second kappa shape index (κ2) is 12.6. The van der Waals surface area contributed by atoms with Gasteiger partial charge in [-0.05, 0) is 32.1 Å². The maximum absolute atomic E-state index is 11.4. The molecule has 0 aromatic rings. The molecular formula is C17H32F6N2O4S2. The molecule has 0 atom stereocenters. The van der Waals surface area contributed by atoms with Crippen LogP contribution in [-0.2, 0) is 20.0 Å². The van der Waals surface area contributed by atoms with Crippen LogP contribution in [0, 0.1) is 0 Å². The molecule has 6 nitrogen and oxygen atoms in total. The summed E-state index contributed by atoms with van der Waals surface area (Å²) in [6.45, 7) is 6.61. The van der Waals surface area contributed by atoms with Crippen molar-refractivity contribution in [2.45, 2.75) is 82.1 Å². The Hall–Kier alpha value is -0.600. The van der Waals surface area contributed by atoms with Gasteiger partial charge in [-0.25, -0.2) is 16.8 Å². The van der Waals surface area contributed by atoms with E-state index in [-0.39, 0.29) is 0 Å². The van der Waals surface area contributed by atoms with E-state index in [9.17, 15) is 43.2 Å². The molecular weight excluding hydrogens is 474 g/mol. The highest BCUT2D eigenvalue weighted by Gasteiger charge is 2.46. The van der Waals surface area contributed by atoms with E-state index in [1.54, 1.807) is 0 Å². The molecule has 0 saturated carbocycles. The third-order valence-electron chi connectivity index (χ3n) is 4.98. The number of unbranched alkanes of at least 4 members (excludes halogenated alkanes) is 6. The average Bonchev–Trinajstić information content (AvgIpc) is 2.59. The number of hydrogen-bond donors (Lipinski definition) is 0. The van der Waals surface area contributed by atoms with Gasteiger partial charge in [-0.15, -0.1) is 0 Å². The van der Waals surface area contributed by atoms with Gasteiger partial charge in [-0.1, -0.05) is 39.0 Å². The number of alkyl halides is 6. The Kier molecular flexibility index (Phi) is 12.3. The Labute approximate surface area is 181 Å². The summed E-state index contributed by atoms with van der Waals surface area (Å²) in [6.07, 6.45) is 14.5. The highest BCUT2D eigenvalue weighted by Crippen LogP contribution is 2.36. The van der Waals surface area contributed by atoms with Crippen molar-refractivity contribution in [3.05, 3.63) is 4.13 Å². The van der Waals surface area contributed by atoms with E-state index >= 15 is 0 Å². The van der Waals surface area contributed by atoms with E-state index in [2.05, 4.69) is 14.0 Å². The lowest BCUT2D eigenvalue weighted by Gasteiger charge is -2.37. The number of hydrogen-bond acceptors (Lipinski definition) is 4. The van der Waals surface area contributed by atoms with Gasteiger partial charge < -0.3 is 8.61 Å². The number of sulfonamides is 2. The lowest BCUT2D eigenvalue weighted by Crippen LogP contribution is -2.48. The molecule has 0 bridgehead atoms. The molecule has 1 saturated heterocycles. The largest absolute Gasteiger partial charge is 0.480 e. The van der Waals surface area contributed by atoms with Crippen LogP contribution in [0.15, 0.2) is 0 Å². The molecule has 188 valence electrons. The van der Waals surface area contributed by atoms with Gasteiger partial charge in [0, 0.05) is 0 Å². The SMILES string of the molecule is CCCCCCCCC[N+]1(C)CCCCC1.O=S(=O)([N-]S(=O)(=O)C(F)(F)F)C(F)(F)F. The molecule has 0 aromatic heterocycles. The number of likely N-dealkylation sites (tertiary alicyclic amines) is 1. The van der Waals surface area contributed by atoms with Gasteiger partial charge in [-0.3, -0.25) is 0 Å². The summed E-state index contributed by atoms with van der Waals surface area (Å²) in [7, 11) is -11.0. The van der Waals surface area contributed by atoms with Gasteiger partial charge in [0.1, 0.15) is 0 Å². The van der Waals surface area contributed by atoms with Crippen molar-refractivity contribution < 1.29 is 47.7 Å². The molecule has 1 rings (SSSR count).